The Kier molecular flexibility index (Phi) is 6.65. The zero-order chi connectivity index (χ0) is 19.5. The minimum Gasteiger partial charge on any atom is -0.404 e. The van der Waals surface area contributed by atoms with Crippen LogP contribution in [0, 0.1) is 0 Å². The second kappa shape index (κ2) is 8.21. The Morgan fingerprint density at radius 3 is 2.81 bits per heavy atom. The van der Waals surface area contributed by atoms with Gasteiger partial charge >= 0.3 is 0 Å². The fraction of sp³-hybridized carbons (Fsp3) is 0.529. The molecule has 1 aliphatic rings. The number of ether oxygens (including phenoxy) is 1. The lowest BCUT2D eigenvalue weighted by Gasteiger charge is -2.36. The molecular formula is C17H25ClN4O2S2. The van der Waals surface area contributed by atoms with E-state index in [9.17, 15) is 4.21 Å². The molecule has 2 heterocycles. The molecular weight excluding hydrogens is 392 g/mol. The predicted octanol–water partition coefficient (Wildman–Crippen LogP) is 2.53. The maximum Gasteiger partial charge on any atom is 0.113 e. The quantitative estimate of drug-likeness (QED) is 0.549. The number of rotatable bonds is 6. The van der Waals surface area contributed by atoms with Crippen LogP contribution in [0.1, 0.15) is 30.5 Å². The number of thiophene rings is 1. The normalized spacial score (nSPS) is 26.3. The van der Waals surface area contributed by atoms with E-state index in [1.807, 2.05) is 26.8 Å². The molecule has 2 atom stereocenters. The van der Waals surface area contributed by atoms with Crippen molar-refractivity contribution in [2.45, 2.75) is 31.1 Å². The molecule has 0 fully saturated rings. The van der Waals surface area contributed by atoms with E-state index in [1.54, 1.807) is 13.3 Å². The molecule has 6 nitrogen and oxygen atoms in total. The zero-order valence-corrected chi connectivity index (χ0v) is 17.8. The smallest absolute Gasteiger partial charge is 0.113 e. The van der Waals surface area contributed by atoms with E-state index < -0.39 is 21.1 Å². The van der Waals surface area contributed by atoms with Crippen LogP contribution in [0.2, 0.25) is 5.02 Å². The lowest BCUT2D eigenvalue weighted by atomic mass is 10.0. The molecule has 144 valence electrons. The summed E-state index contributed by atoms with van der Waals surface area (Å²) >= 11 is 7.95. The van der Waals surface area contributed by atoms with Crippen LogP contribution in [0.15, 0.2) is 22.3 Å². The summed E-state index contributed by atoms with van der Waals surface area (Å²) in [6.45, 7) is 6.68. The highest BCUT2D eigenvalue weighted by atomic mass is 35.5. The van der Waals surface area contributed by atoms with E-state index in [-0.39, 0.29) is 0 Å². The SMILES string of the molecule is COCCN=CC(=CN)c1cc(Cl)c([C@]2(C)CS(=O)C(C)(C)C(N)=N2)s1. The number of nitrogens with zero attached hydrogens (tertiary/aromatic N) is 2. The second-order valence-electron chi connectivity index (χ2n) is 6.71. The summed E-state index contributed by atoms with van der Waals surface area (Å²) in [4.78, 5) is 10.6. The van der Waals surface area contributed by atoms with Gasteiger partial charge in [-0.05, 0) is 26.8 Å². The molecule has 1 unspecified atom stereocenters. The van der Waals surface area contributed by atoms with Gasteiger partial charge in [-0.2, -0.15) is 0 Å². The third-order valence-corrected chi connectivity index (χ3v) is 8.28. The third-order valence-electron chi connectivity index (χ3n) is 4.26. The van der Waals surface area contributed by atoms with Crippen LogP contribution in [0.4, 0.5) is 0 Å². The molecule has 1 aliphatic heterocycles. The topological polar surface area (TPSA) is 103 Å². The molecule has 0 bridgehead atoms. The Balaban J connectivity index is 2.37. The lowest BCUT2D eigenvalue weighted by molar-refractivity contribution is 0.208. The highest BCUT2D eigenvalue weighted by molar-refractivity contribution is 7.87. The van der Waals surface area contributed by atoms with Crippen LogP contribution < -0.4 is 11.5 Å². The number of halogens is 1. The summed E-state index contributed by atoms with van der Waals surface area (Å²) in [5, 5.41) is 0.561. The van der Waals surface area contributed by atoms with Gasteiger partial charge in [0.1, 0.15) is 11.4 Å². The highest BCUT2D eigenvalue weighted by Gasteiger charge is 2.44. The maximum atomic E-state index is 12.7. The van der Waals surface area contributed by atoms with Crippen molar-refractivity contribution in [3.63, 3.8) is 0 Å². The van der Waals surface area contributed by atoms with Crippen molar-refractivity contribution in [1.82, 2.24) is 0 Å². The zero-order valence-electron chi connectivity index (χ0n) is 15.4. The lowest BCUT2D eigenvalue weighted by Crippen LogP contribution is -2.51. The maximum absolute atomic E-state index is 12.7. The van der Waals surface area contributed by atoms with Crippen LogP contribution >= 0.6 is 22.9 Å². The first-order valence-corrected chi connectivity index (χ1v) is 10.6. The van der Waals surface area contributed by atoms with E-state index in [4.69, 9.17) is 27.8 Å². The van der Waals surface area contributed by atoms with Crippen molar-refractivity contribution in [3.05, 3.63) is 27.0 Å². The van der Waals surface area contributed by atoms with Crippen molar-refractivity contribution in [2.24, 2.45) is 21.5 Å². The van der Waals surface area contributed by atoms with Crippen molar-refractivity contribution >= 4 is 51.4 Å². The molecule has 2 rings (SSSR count). The summed E-state index contributed by atoms with van der Waals surface area (Å²) in [7, 11) is 0.471. The van der Waals surface area contributed by atoms with E-state index >= 15 is 0 Å². The number of hydrogen-bond acceptors (Lipinski definition) is 7. The molecule has 1 aromatic heterocycles. The van der Waals surface area contributed by atoms with E-state index in [0.29, 0.717) is 29.8 Å². The highest BCUT2D eigenvalue weighted by Crippen LogP contribution is 2.43. The van der Waals surface area contributed by atoms with Crippen LogP contribution in [-0.2, 0) is 21.1 Å². The summed E-state index contributed by atoms with van der Waals surface area (Å²) in [5.41, 5.74) is 11.9. The number of nitrogens with two attached hydrogens (primary N) is 2. The molecule has 0 aromatic carbocycles. The number of aliphatic imine (C=N–C) groups is 2. The van der Waals surface area contributed by atoms with Gasteiger partial charge < -0.3 is 16.2 Å². The first kappa shape index (κ1) is 21.1. The summed E-state index contributed by atoms with van der Waals surface area (Å²) in [6, 6.07) is 1.84. The first-order chi connectivity index (χ1) is 12.2. The van der Waals surface area contributed by atoms with Crippen LogP contribution in [0.5, 0.6) is 0 Å². The molecule has 1 aromatic rings. The van der Waals surface area contributed by atoms with Gasteiger partial charge in [0.05, 0.1) is 33.6 Å². The average Bonchev–Trinajstić information content (AvgIpc) is 2.96. The Bertz CT molecular complexity index is 786. The monoisotopic (exact) mass is 416 g/mol. The Labute approximate surface area is 165 Å². The van der Waals surface area contributed by atoms with Crippen molar-refractivity contribution in [2.75, 3.05) is 26.0 Å². The molecule has 0 aliphatic carbocycles. The summed E-state index contributed by atoms with van der Waals surface area (Å²) in [5.74, 6) is 0.746. The third kappa shape index (κ3) is 4.19. The van der Waals surface area contributed by atoms with E-state index in [1.165, 1.54) is 17.5 Å². The van der Waals surface area contributed by atoms with Gasteiger partial charge in [0.2, 0.25) is 0 Å². The molecule has 4 N–H and O–H groups in total. The van der Waals surface area contributed by atoms with E-state index in [2.05, 4.69) is 9.98 Å². The largest absolute Gasteiger partial charge is 0.404 e. The van der Waals surface area contributed by atoms with Gasteiger partial charge in [0, 0.05) is 40.8 Å². The fourth-order valence-electron chi connectivity index (χ4n) is 2.48. The van der Waals surface area contributed by atoms with Crippen LogP contribution in [0.25, 0.3) is 5.57 Å². The van der Waals surface area contributed by atoms with Gasteiger partial charge in [0.15, 0.2) is 0 Å². The summed E-state index contributed by atoms with van der Waals surface area (Å²) in [6.07, 6.45) is 3.19. The Hall–Kier alpha value is -1.22. The first-order valence-electron chi connectivity index (χ1n) is 8.11. The van der Waals surface area contributed by atoms with Gasteiger partial charge in [-0.3, -0.25) is 14.2 Å². The molecule has 0 amide bonds. The molecule has 0 radical (unpaired) electrons. The van der Waals surface area contributed by atoms with Gasteiger partial charge in [0.25, 0.3) is 0 Å². The Morgan fingerprint density at radius 2 is 2.23 bits per heavy atom. The number of allylic oxidation sites excluding steroid dienone is 1. The molecule has 0 saturated carbocycles. The van der Waals surface area contributed by atoms with Gasteiger partial charge in [-0.1, -0.05) is 11.6 Å². The van der Waals surface area contributed by atoms with Gasteiger partial charge in [-0.15, -0.1) is 11.3 Å². The van der Waals surface area contributed by atoms with E-state index in [0.717, 1.165) is 15.3 Å². The minimum absolute atomic E-state index is 0.365. The minimum atomic E-state index is -1.16. The van der Waals surface area contributed by atoms with Crippen LogP contribution in [-0.4, -0.2) is 47.0 Å². The molecule has 0 saturated heterocycles. The fourth-order valence-corrected chi connectivity index (χ4v) is 5.55. The van der Waals surface area contributed by atoms with Crippen LogP contribution in [0.3, 0.4) is 0 Å². The number of methoxy groups -OCH3 is 1. The molecule has 0 spiro atoms. The predicted molar refractivity (Wildman–Crippen MR) is 113 cm³/mol. The number of hydrogen-bond donors (Lipinski definition) is 2. The van der Waals surface area contributed by atoms with Crippen molar-refractivity contribution in [1.29, 1.82) is 0 Å². The number of amidine groups is 1. The Morgan fingerprint density at radius 1 is 1.54 bits per heavy atom. The molecule has 26 heavy (non-hydrogen) atoms. The standard InChI is InChI=1S/C17H25ClN4O2S2/c1-16(2)15(20)22-17(3,10-26(16)23)14-12(18)7-13(25-14)11(8-19)9-21-5-6-24-4/h7-9H,5-6,10,19H2,1-4H3,(H2,20,22)/t17-,26?/m0/s1. The average molecular weight is 417 g/mol. The summed E-state index contributed by atoms with van der Waals surface area (Å²) < 4.78 is 17.0. The van der Waals surface area contributed by atoms with Gasteiger partial charge in [-0.25, -0.2) is 0 Å². The van der Waals surface area contributed by atoms with Crippen molar-refractivity contribution < 1.29 is 8.95 Å². The molecule has 9 heteroatoms. The second-order valence-corrected chi connectivity index (χ2v) is 10.2. The van der Waals surface area contributed by atoms with Crippen molar-refractivity contribution in [3.8, 4) is 0 Å².